The number of amides is 2. The van der Waals surface area contributed by atoms with Gasteiger partial charge in [0.1, 0.15) is 0 Å². The topological polar surface area (TPSA) is 59.2 Å². The number of benzene rings is 1. The molecule has 0 saturated carbocycles. The fourth-order valence-electron chi connectivity index (χ4n) is 1.53. The Bertz CT molecular complexity index is 470. The highest BCUT2D eigenvalue weighted by atomic mass is 32.1. The first-order chi connectivity index (χ1) is 8.27. The molecular formula is C12H13N3OS. The third-order valence-corrected chi connectivity index (χ3v) is 3.18. The van der Waals surface area contributed by atoms with Crippen molar-refractivity contribution in [3.05, 3.63) is 47.5 Å². The van der Waals surface area contributed by atoms with Crippen molar-refractivity contribution >= 4 is 22.5 Å². The van der Waals surface area contributed by atoms with E-state index < -0.39 is 6.03 Å². The third-order valence-electron chi connectivity index (χ3n) is 2.38. The second kappa shape index (κ2) is 5.45. The van der Waals surface area contributed by atoms with E-state index in [0.29, 0.717) is 11.7 Å². The Morgan fingerprint density at radius 1 is 1.35 bits per heavy atom. The highest BCUT2D eigenvalue weighted by Gasteiger charge is 2.14. The smallest absolute Gasteiger partial charge is 0.321 e. The lowest BCUT2D eigenvalue weighted by atomic mass is 10.1. The number of aromatic nitrogens is 1. The van der Waals surface area contributed by atoms with Gasteiger partial charge < -0.3 is 5.73 Å². The molecule has 0 saturated heterocycles. The molecule has 0 aliphatic carbocycles. The molecule has 0 spiro atoms. The molecule has 0 bridgehead atoms. The molecule has 0 unspecified atom stereocenters. The van der Waals surface area contributed by atoms with Gasteiger partial charge in [-0.2, -0.15) is 0 Å². The monoisotopic (exact) mass is 247 g/mol. The van der Waals surface area contributed by atoms with E-state index in [1.165, 1.54) is 21.8 Å². The molecule has 0 atom stereocenters. The number of rotatable bonds is 4. The maximum Gasteiger partial charge on any atom is 0.321 e. The van der Waals surface area contributed by atoms with Gasteiger partial charge in [0.15, 0.2) is 5.13 Å². The first-order valence-corrected chi connectivity index (χ1v) is 6.16. The van der Waals surface area contributed by atoms with Crippen molar-refractivity contribution in [2.45, 2.75) is 6.42 Å². The van der Waals surface area contributed by atoms with Crippen molar-refractivity contribution in [3.8, 4) is 0 Å². The number of anilines is 1. The molecule has 88 valence electrons. The van der Waals surface area contributed by atoms with E-state index in [2.05, 4.69) is 4.98 Å². The van der Waals surface area contributed by atoms with E-state index in [9.17, 15) is 4.79 Å². The molecule has 0 radical (unpaired) electrons. The second-order valence-electron chi connectivity index (χ2n) is 3.54. The molecule has 2 aromatic rings. The number of urea groups is 1. The Balaban J connectivity index is 2.03. The zero-order valence-electron chi connectivity index (χ0n) is 9.24. The summed E-state index contributed by atoms with van der Waals surface area (Å²) < 4.78 is 0. The lowest BCUT2D eigenvalue weighted by molar-refractivity contribution is 0.254. The molecule has 2 N–H and O–H groups in total. The standard InChI is InChI=1S/C12H13N3OS/c13-11(16)15(12-14-7-9-17-12)8-6-10-4-2-1-3-5-10/h1-5,7,9H,6,8H2,(H2,13,16). The van der Waals surface area contributed by atoms with Gasteiger partial charge in [0.2, 0.25) is 0 Å². The summed E-state index contributed by atoms with van der Waals surface area (Å²) in [6, 6.07) is 9.52. The SMILES string of the molecule is NC(=O)N(CCc1ccccc1)c1nccs1. The number of hydrogen-bond donors (Lipinski definition) is 1. The average Bonchev–Trinajstić information content (AvgIpc) is 2.84. The van der Waals surface area contributed by atoms with Crippen LogP contribution in [-0.2, 0) is 6.42 Å². The maximum atomic E-state index is 11.3. The van der Waals surface area contributed by atoms with Crippen molar-refractivity contribution in [3.63, 3.8) is 0 Å². The van der Waals surface area contributed by atoms with Gasteiger partial charge in [0, 0.05) is 18.1 Å². The minimum Gasteiger partial charge on any atom is -0.351 e. The molecule has 4 nitrogen and oxygen atoms in total. The van der Waals surface area contributed by atoms with Gasteiger partial charge in [0.05, 0.1) is 0 Å². The van der Waals surface area contributed by atoms with Crippen LogP contribution in [0.5, 0.6) is 0 Å². The zero-order chi connectivity index (χ0) is 12.1. The molecule has 0 aliphatic rings. The van der Waals surface area contributed by atoms with Gasteiger partial charge in [0.25, 0.3) is 0 Å². The Morgan fingerprint density at radius 3 is 2.71 bits per heavy atom. The number of thiazole rings is 1. The van der Waals surface area contributed by atoms with Crippen LogP contribution in [0.3, 0.4) is 0 Å². The lowest BCUT2D eigenvalue weighted by Crippen LogP contribution is -2.37. The molecule has 0 fully saturated rings. The Labute approximate surface area is 104 Å². The number of nitrogens with two attached hydrogens (primary N) is 1. The summed E-state index contributed by atoms with van der Waals surface area (Å²) in [5, 5.41) is 2.47. The lowest BCUT2D eigenvalue weighted by Gasteiger charge is -2.16. The summed E-state index contributed by atoms with van der Waals surface area (Å²) in [6.07, 6.45) is 2.43. The third kappa shape index (κ3) is 3.04. The van der Waals surface area contributed by atoms with Crippen molar-refractivity contribution in [1.29, 1.82) is 0 Å². The van der Waals surface area contributed by atoms with E-state index in [0.717, 1.165) is 6.42 Å². The van der Waals surface area contributed by atoms with Crippen LogP contribution >= 0.6 is 11.3 Å². The summed E-state index contributed by atoms with van der Waals surface area (Å²) in [6.45, 7) is 0.548. The summed E-state index contributed by atoms with van der Waals surface area (Å²) in [7, 11) is 0. The summed E-state index contributed by atoms with van der Waals surface area (Å²) in [5.74, 6) is 0. The average molecular weight is 247 g/mol. The van der Waals surface area contributed by atoms with Gasteiger partial charge in [-0.05, 0) is 12.0 Å². The van der Waals surface area contributed by atoms with Crippen LogP contribution in [-0.4, -0.2) is 17.6 Å². The van der Waals surface area contributed by atoms with E-state index >= 15 is 0 Å². The second-order valence-corrected chi connectivity index (χ2v) is 4.41. The van der Waals surface area contributed by atoms with Crippen molar-refractivity contribution in [1.82, 2.24) is 4.98 Å². The van der Waals surface area contributed by atoms with Crippen LogP contribution < -0.4 is 10.6 Å². The fraction of sp³-hybridized carbons (Fsp3) is 0.167. The van der Waals surface area contributed by atoms with Crippen molar-refractivity contribution in [2.75, 3.05) is 11.4 Å². The molecular weight excluding hydrogens is 234 g/mol. The molecule has 1 aromatic carbocycles. The van der Waals surface area contributed by atoms with Crippen LogP contribution in [0.15, 0.2) is 41.9 Å². The quantitative estimate of drug-likeness (QED) is 0.901. The van der Waals surface area contributed by atoms with E-state index in [-0.39, 0.29) is 0 Å². The molecule has 17 heavy (non-hydrogen) atoms. The minimum absolute atomic E-state index is 0.462. The summed E-state index contributed by atoms with van der Waals surface area (Å²) in [4.78, 5) is 16.9. The predicted molar refractivity (Wildman–Crippen MR) is 69.2 cm³/mol. The van der Waals surface area contributed by atoms with Crippen LogP contribution in [0.2, 0.25) is 0 Å². The number of primary amides is 1. The summed E-state index contributed by atoms with van der Waals surface area (Å²) >= 11 is 1.41. The normalized spacial score (nSPS) is 10.1. The van der Waals surface area contributed by atoms with Gasteiger partial charge in [-0.25, -0.2) is 9.78 Å². The van der Waals surface area contributed by atoms with E-state index in [4.69, 9.17) is 5.73 Å². The highest BCUT2D eigenvalue weighted by molar-refractivity contribution is 7.13. The zero-order valence-corrected chi connectivity index (χ0v) is 10.1. The van der Waals surface area contributed by atoms with Gasteiger partial charge in [-0.1, -0.05) is 30.3 Å². The highest BCUT2D eigenvalue weighted by Crippen LogP contribution is 2.17. The molecule has 2 rings (SSSR count). The number of hydrogen-bond acceptors (Lipinski definition) is 3. The van der Waals surface area contributed by atoms with E-state index in [1.807, 2.05) is 35.7 Å². The summed E-state index contributed by atoms with van der Waals surface area (Å²) in [5.41, 5.74) is 6.52. The van der Waals surface area contributed by atoms with E-state index in [1.54, 1.807) is 6.20 Å². The first-order valence-electron chi connectivity index (χ1n) is 5.28. The Kier molecular flexibility index (Phi) is 3.72. The minimum atomic E-state index is -0.462. The largest absolute Gasteiger partial charge is 0.351 e. The number of carbonyl (C=O) groups excluding carboxylic acids is 1. The van der Waals surface area contributed by atoms with Crippen LogP contribution in [0.1, 0.15) is 5.56 Å². The molecule has 0 aliphatic heterocycles. The fourth-order valence-corrected chi connectivity index (χ4v) is 2.21. The number of nitrogens with zero attached hydrogens (tertiary/aromatic N) is 2. The molecule has 5 heteroatoms. The Hall–Kier alpha value is -1.88. The van der Waals surface area contributed by atoms with Crippen LogP contribution in [0.4, 0.5) is 9.93 Å². The number of carbonyl (C=O) groups is 1. The van der Waals surface area contributed by atoms with Crippen molar-refractivity contribution < 1.29 is 4.79 Å². The maximum absolute atomic E-state index is 11.3. The Morgan fingerprint density at radius 2 is 2.12 bits per heavy atom. The van der Waals surface area contributed by atoms with Crippen molar-refractivity contribution in [2.24, 2.45) is 5.73 Å². The predicted octanol–water partition coefficient (Wildman–Crippen LogP) is 2.27. The van der Waals surface area contributed by atoms with Gasteiger partial charge in [-0.3, -0.25) is 4.90 Å². The molecule has 2 amide bonds. The molecule has 1 heterocycles. The van der Waals surface area contributed by atoms with Crippen LogP contribution in [0, 0.1) is 0 Å². The van der Waals surface area contributed by atoms with Crippen LogP contribution in [0.25, 0.3) is 0 Å². The van der Waals surface area contributed by atoms with Gasteiger partial charge >= 0.3 is 6.03 Å². The molecule has 1 aromatic heterocycles. The first kappa shape index (κ1) is 11.6. The van der Waals surface area contributed by atoms with Gasteiger partial charge in [-0.15, -0.1) is 11.3 Å².